The Hall–Kier alpha value is -1.60. The molecule has 0 fully saturated rings. The molecule has 0 amide bonds. The lowest BCUT2D eigenvalue weighted by atomic mass is 9.77. The van der Waals surface area contributed by atoms with E-state index in [2.05, 4.69) is 43.3 Å². The summed E-state index contributed by atoms with van der Waals surface area (Å²) in [5.41, 5.74) is 8.15. The van der Waals surface area contributed by atoms with E-state index >= 15 is 0 Å². The minimum absolute atomic E-state index is 0.293. The van der Waals surface area contributed by atoms with Crippen molar-refractivity contribution in [2.45, 2.75) is 38.7 Å². The van der Waals surface area contributed by atoms with Crippen LogP contribution in [0.2, 0.25) is 0 Å². The number of benzene rings is 2. The molecule has 0 radical (unpaired) electrons. The summed E-state index contributed by atoms with van der Waals surface area (Å²) < 4.78 is 0. The Morgan fingerprint density at radius 1 is 0.900 bits per heavy atom. The van der Waals surface area contributed by atoms with Crippen LogP contribution in [0.1, 0.15) is 41.7 Å². The lowest BCUT2D eigenvalue weighted by Gasteiger charge is -2.30. The van der Waals surface area contributed by atoms with Gasteiger partial charge < -0.3 is 5.11 Å². The molecule has 0 bridgehead atoms. The molecule has 2 aromatic rings. The van der Waals surface area contributed by atoms with Gasteiger partial charge in [0.15, 0.2) is 0 Å². The molecule has 0 saturated heterocycles. The van der Waals surface area contributed by atoms with Crippen molar-refractivity contribution in [3.05, 3.63) is 58.7 Å². The molecule has 4 rings (SSSR count). The van der Waals surface area contributed by atoms with Gasteiger partial charge in [0.25, 0.3) is 0 Å². The fraction of sp³-hybridized carbons (Fsp3) is 0.368. The van der Waals surface area contributed by atoms with Crippen molar-refractivity contribution in [3.63, 3.8) is 0 Å². The van der Waals surface area contributed by atoms with E-state index < -0.39 is 0 Å². The molecule has 2 atom stereocenters. The SMILES string of the molecule is C[C@H]1CCc2cc3c(cc2[C@@H]1O)-c1ccccc1CC3. The zero-order valence-electron chi connectivity index (χ0n) is 11.9. The van der Waals surface area contributed by atoms with E-state index in [4.69, 9.17) is 0 Å². The summed E-state index contributed by atoms with van der Waals surface area (Å²) in [6.07, 6.45) is 4.19. The number of hydrogen-bond donors (Lipinski definition) is 1. The van der Waals surface area contributed by atoms with Crippen LogP contribution in [-0.4, -0.2) is 5.11 Å². The smallest absolute Gasteiger partial charge is 0.0818 e. The number of aryl methyl sites for hydroxylation is 3. The number of aliphatic hydroxyl groups excluding tert-OH is 1. The van der Waals surface area contributed by atoms with E-state index in [9.17, 15) is 5.11 Å². The summed E-state index contributed by atoms with van der Waals surface area (Å²) in [7, 11) is 0. The Morgan fingerprint density at radius 3 is 2.60 bits per heavy atom. The van der Waals surface area contributed by atoms with Gasteiger partial charge in [-0.05, 0) is 71.0 Å². The Morgan fingerprint density at radius 2 is 1.70 bits per heavy atom. The summed E-state index contributed by atoms with van der Waals surface area (Å²) in [6.45, 7) is 2.15. The standard InChI is InChI=1S/C19H20O/c1-12-6-7-15-10-14-9-8-13-4-2-3-5-16(13)17(14)11-18(15)19(12)20/h2-5,10-12,19-20H,6-9H2,1H3/t12-,19+/m0/s1. The highest BCUT2D eigenvalue weighted by Gasteiger charge is 2.27. The predicted molar refractivity (Wildman–Crippen MR) is 81.7 cm³/mol. The predicted octanol–water partition coefficient (Wildman–Crippen LogP) is 4.07. The van der Waals surface area contributed by atoms with Crippen LogP contribution in [-0.2, 0) is 19.3 Å². The topological polar surface area (TPSA) is 20.2 Å². The highest BCUT2D eigenvalue weighted by molar-refractivity contribution is 5.74. The molecule has 102 valence electrons. The first-order valence-corrected chi connectivity index (χ1v) is 7.66. The van der Waals surface area contributed by atoms with Crippen molar-refractivity contribution in [1.29, 1.82) is 0 Å². The minimum atomic E-state index is -0.293. The maximum absolute atomic E-state index is 10.5. The van der Waals surface area contributed by atoms with E-state index in [-0.39, 0.29) is 6.10 Å². The third kappa shape index (κ3) is 1.73. The quantitative estimate of drug-likeness (QED) is 0.760. The molecule has 0 spiro atoms. The summed E-state index contributed by atoms with van der Waals surface area (Å²) in [5, 5.41) is 10.5. The second kappa shape index (κ2) is 4.46. The molecule has 0 saturated carbocycles. The molecule has 1 N–H and O–H groups in total. The highest BCUT2D eigenvalue weighted by Crippen LogP contribution is 2.41. The molecule has 0 unspecified atom stereocenters. The Labute approximate surface area is 120 Å². The van der Waals surface area contributed by atoms with Gasteiger partial charge in [-0.1, -0.05) is 37.3 Å². The van der Waals surface area contributed by atoms with Crippen LogP contribution in [0.25, 0.3) is 11.1 Å². The Kier molecular flexibility index (Phi) is 2.71. The van der Waals surface area contributed by atoms with Crippen molar-refractivity contribution in [2.24, 2.45) is 5.92 Å². The third-order valence-corrected chi connectivity index (χ3v) is 5.06. The molecule has 2 aromatic carbocycles. The largest absolute Gasteiger partial charge is 0.388 e. The van der Waals surface area contributed by atoms with Gasteiger partial charge in [0.2, 0.25) is 0 Å². The second-order valence-electron chi connectivity index (χ2n) is 6.33. The van der Waals surface area contributed by atoms with E-state index in [1.807, 2.05) is 0 Å². The molecular formula is C19H20O. The van der Waals surface area contributed by atoms with Gasteiger partial charge in [-0.15, -0.1) is 0 Å². The van der Waals surface area contributed by atoms with Crippen LogP contribution < -0.4 is 0 Å². The van der Waals surface area contributed by atoms with Crippen LogP contribution in [0.4, 0.5) is 0 Å². The zero-order chi connectivity index (χ0) is 13.7. The van der Waals surface area contributed by atoms with Crippen molar-refractivity contribution in [1.82, 2.24) is 0 Å². The number of aliphatic hydroxyl groups is 1. The number of fused-ring (bicyclic) bond motifs is 4. The molecule has 2 aliphatic rings. The van der Waals surface area contributed by atoms with Crippen molar-refractivity contribution >= 4 is 0 Å². The lowest BCUT2D eigenvalue weighted by Crippen LogP contribution is -2.19. The summed E-state index contributed by atoms with van der Waals surface area (Å²) >= 11 is 0. The van der Waals surface area contributed by atoms with E-state index in [1.54, 1.807) is 0 Å². The average Bonchev–Trinajstić information content (AvgIpc) is 2.49. The maximum atomic E-state index is 10.5. The van der Waals surface area contributed by atoms with Crippen LogP contribution in [0.15, 0.2) is 36.4 Å². The van der Waals surface area contributed by atoms with Crippen LogP contribution in [0.5, 0.6) is 0 Å². The van der Waals surface area contributed by atoms with Gasteiger partial charge in [0.1, 0.15) is 0 Å². The first-order chi connectivity index (χ1) is 9.74. The molecule has 2 aliphatic carbocycles. The molecule has 0 heterocycles. The van der Waals surface area contributed by atoms with E-state index in [1.165, 1.54) is 33.4 Å². The van der Waals surface area contributed by atoms with E-state index in [0.29, 0.717) is 5.92 Å². The number of rotatable bonds is 0. The van der Waals surface area contributed by atoms with Gasteiger partial charge in [-0.25, -0.2) is 0 Å². The summed E-state index contributed by atoms with van der Waals surface area (Å²) in [4.78, 5) is 0. The highest BCUT2D eigenvalue weighted by atomic mass is 16.3. The van der Waals surface area contributed by atoms with Gasteiger partial charge in [0, 0.05) is 0 Å². The van der Waals surface area contributed by atoms with Gasteiger partial charge in [0.05, 0.1) is 6.10 Å². The Balaban J connectivity index is 1.91. The zero-order valence-corrected chi connectivity index (χ0v) is 11.9. The average molecular weight is 264 g/mol. The van der Waals surface area contributed by atoms with Crippen molar-refractivity contribution < 1.29 is 5.11 Å². The summed E-state index contributed by atoms with van der Waals surface area (Å²) in [6, 6.07) is 13.3. The van der Waals surface area contributed by atoms with Crippen LogP contribution >= 0.6 is 0 Å². The van der Waals surface area contributed by atoms with Gasteiger partial charge in [-0.3, -0.25) is 0 Å². The van der Waals surface area contributed by atoms with Crippen molar-refractivity contribution in [3.8, 4) is 11.1 Å². The fourth-order valence-electron chi connectivity index (χ4n) is 3.78. The lowest BCUT2D eigenvalue weighted by molar-refractivity contribution is 0.104. The van der Waals surface area contributed by atoms with Crippen LogP contribution in [0.3, 0.4) is 0 Å². The van der Waals surface area contributed by atoms with Gasteiger partial charge >= 0.3 is 0 Å². The first kappa shape index (κ1) is 12.2. The molecular weight excluding hydrogens is 244 g/mol. The normalized spacial score (nSPS) is 23.7. The second-order valence-corrected chi connectivity index (χ2v) is 6.33. The van der Waals surface area contributed by atoms with Crippen LogP contribution in [0, 0.1) is 5.92 Å². The van der Waals surface area contributed by atoms with E-state index in [0.717, 1.165) is 25.7 Å². The molecule has 20 heavy (non-hydrogen) atoms. The molecule has 1 nitrogen and oxygen atoms in total. The number of hydrogen-bond acceptors (Lipinski definition) is 1. The summed E-state index contributed by atoms with van der Waals surface area (Å²) in [5.74, 6) is 0.374. The Bertz CT molecular complexity index is 671. The third-order valence-electron chi connectivity index (χ3n) is 5.06. The monoisotopic (exact) mass is 264 g/mol. The minimum Gasteiger partial charge on any atom is -0.388 e. The fourth-order valence-corrected chi connectivity index (χ4v) is 3.78. The molecule has 0 aliphatic heterocycles. The van der Waals surface area contributed by atoms with Gasteiger partial charge in [-0.2, -0.15) is 0 Å². The first-order valence-electron chi connectivity index (χ1n) is 7.66. The maximum Gasteiger partial charge on any atom is 0.0818 e. The van der Waals surface area contributed by atoms with Crippen molar-refractivity contribution in [2.75, 3.05) is 0 Å². The molecule has 0 aromatic heterocycles. The molecule has 1 heteroatoms.